The molecular weight excluding hydrogens is 88.1 g/mol. The Morgan fingerprint density at radius 3 is 2.00 bits per heavy atom. The van der Waals surface area contributed by atoms with Gasteiger partial charge in [0, 0.05) is 0 Å². The fourth-order valence-corrected chi connectivity index (χ4v) is 0.340. The van der Waals surface area contributed by atoms with Crippen LogP contribution < -0.4 is 0 Å². The van der Waals surface area contributed by atoms with Gasteiger partial charge in [0.05, 0.1) is 0 Å². The van der Waals surface area contributed by atoms with Gasteiger partial charge in [-0.1, -0.05) is 0 Å². The zero-order valence-electron chi connectivity index (χ0n) is 2.38. The van der Waals surface area contributed by atoms with Gasteiger partial charge in [0.1, 0.15) is 12.5 Å². The molecule has 1 aliphatic heterocycles. The van der Waals surface area contributed by atoms with Crippen LogP contribution in [0.5, 0.6) is 0 Å². The molecule has 0 unspecified atom stereocenters. The smallest absolute Gasteiger partial charge is 0.292 e. The van der Waals surface area contributed by atoms with Crippen molar-refractivity contribution in [2.45, 2.75) is 0 Å². The average Bonchev–Trinajstić information content (AvgIpc) is 1.76. The summed E-state index contributed by atoms with van der Waals surface area (Å²) in [4.78, 5) is 0. The lowest BCUT2D eigenvalue weighted by Gasteiger charge is -1.76. The fraction of sp³-hybridized carbons (Fsp3) is 0. The molecule has 0 aromatic heterocycles. The van der Waals surface area contributed by atoms with Gasteiger partial charge >= 0.3 is 0 Å². The van der Waals surface area contributed by atoms with Crippen LogP contribution in [0.4, 0.5) is 0 Å². The predicted molar refractivity (Wildman–Crippen MR) is 18.9 cm³/mol. The second-order valence-corrected chi connectivity index (χ2v) is 1.05. The van der Waals surface area contributed by atoms with E-state index in [4.69, 9.17) is 0 Å². The Balaban J connectivity index is 2.32. The van der Waals surface area contributed by atoms with E-state index in [2.05, 4.69) is 8.37 Å². The number of hydrogen-bond acceptors (Lipinski definition) is 3. The molecule has 2 nitrogen and oxygen atoms in total. The molecule has 0 spiro atoms. The second-order valence-electron chi connectivity index (χ2n) is 0.533. The lowest BCUT2D eigenvalue weighted by molar-refractivity contribution is 0.531. The summed E-state index contributed by atoms with van der Waals surface area (Å²) in [6.07, 6.45) is 2.95. The van der Waals surface area contributed by atoms with Crippen LogP contribution in [0.1, 0.15) is 0 Å². The first kappa shape index (κ1) is 2.90. The van der Waals surface area contributed by atoms with Crippen molar-refractivity contribution in [3.05, 3.63) is 12.5 Å². The minimum absolute atomic E-state index is 0.963. The van der Waals surface area contributed by atoms with Gasteiger partial charge < -0.3 is 8.37 Å². The Morgan fingerprint density at radius 2 is 1.80 bits per heavy atom. The summed E-state index contributed by atoms with van der Waals surface area (Å²) in [5.41, 5.74) is 0. The van der Waals surface area contributed by atoms with E-state index in [1.807, 2.05) is 0 Å². The maximum Gasteiger partial charge on any atom is 0.292 e. The van der Waals surface area contributed by atoms with Gasteiger partial charge in [-0.25, -0.2) is 0 Å². The van der Waals surface area contributed by atoms with Crippen molar-refractivity contribution in [2.75, 3.05) is 0 Å². The third-order valence-corrected chi connectivity index (χ3v) is 0.625. The topological polar surface area (TPSA) is 18.5 Å². The molecule has 3 heteroatoms. The van der Waals surface area contributed by atoms with Crippen LogP contribution in [0, 0.1) is 0 Å². The quantitative estimate of drug-likeness (QED) is 0.414. The van der Waals surface area contributed by atoms with Gasteiger partial charge in [0.2, 0.25) is 0 Å². The summed E-state index contributed by atoms with van der Waals surface area (Å²) < 4.78 is 8.92. The highest BCUT2D eigenvalue weighted by Gasteiger charge is 1.86. The highest BCUT2D eigenvalue weighted by molar-refractivity contribution is 7.90. The number of rotatable bonds is 0. The summed E-state index contributed by atoms with van der Waals surface area (Å²) in [6.45, 7) is 0. The first-order valence-corrected chi connectivity index (χ1v) is 1.80. The van der Waals surface area contributed by atoms with E-state index in [1.54, 1.807) is 0 Å². The summed E-state index contributed by atoms with van der Waals surface area (Å²) in [7, 11) is 0. The summed E-state index contributed by atoms with van der Waals surface area (Å²) in [5, 5.41) is 0. The summed E-state index contributed by atoms with van der Waals surface area (Å²) >= 11 is 0.963. The normalized spacial score (nSPS) is 17.6. The van der Waals surface area contributed by atoms with E-state index in [1.165, 1.54) is 12.5 Å². The standard InChI is InChI=1S/C2H2O2S/c1-2-4-5-3-1/h1-2H. The summed E-state index contributed by atoms with van der Waals surface area (Å²) in [5.74, 6) is 0. The van der Waals surface area contributed by atoms with Crippen LogP contribution in [0.2, 0.25) is 0 Å². The minimum atomic E-state index is 0.963. The third-order valence-electron chi connectivity index (χ3n) is 0.245. The molecule has 0 radical (unpaired) electrons. The van der Waals surface area contributed by atoms with Crippen molar-refractivity contribution in [1.29, 1.82) is 0 Å². The SMILES string of the molecule is C1=COSO1. The molecule has 5 heavy (non-hydrogen) atoms. The van der Waals surface area contributed by atoms with E-state index in [-0.39, 0.29) is 0 Å². The van der Waals surface area contributed by atoms with Gasteiger partial charge in [-0.3, -0.25) is 0 Å². The molecule has 0 saturated carbocycles. The predicted octanol–water partition coefficient (Wildman–Crippen LogP) is 1.07. The van der Waals surface area contributed by atoms with Crippen molar-refractivity contribution < 1.29 is 8.37 Å². The lowest BCUT2D eigenvalue weighted by atomic mass is 11.1. The largest absolute Gasteiger partial charge is 0.396 e. The molecule has 0 N–H and O–H groups in total. The molecule has 1 rings (SSSR count). The minimum Gasteiger partial charge on any atom is -0.396 e. The molecule has 0 aromatic carbocycles. The van der Waals surface area contributed by atoms with Crippen molar-refractivity contribution in [1.82, 2.24) is 0 Å². The molecule has 0 bridgehead atoms. The Kier molecular flexibility index (Phi) is 0.705. The molecule has 0 aliphatic carbocycles. The third kappa shape index (κ3) is 0.479. The monoisotopic (exact) mass is 90.0 g/mol. The summed E-state index contributed by atoms with van der Waals surface area (Å²) in [6, 6.07) is 0. The van der Waals surface area contributed by atoms with Gasteiger partial charge in [0.15, 0.2) is 0 Å². The zero-order valence-corrected chi connectivity index (χ0v) is 3.20. The van der Waals surface area contributed by atoms with Gasteiger partial charge in [-0.2, -0.15) is 0 Å². The second kappa shape index (κ2) is 1.21. The molecule has 0 fully saturated rings. The van der Waals surface area contributed by atoms with Crippen LogP contribution in [0.15, 0.2) is 12.5 Å². The highest BCUT2D eigenvalue weighted by atomic mass is 32.2. The molecular formula is C2H2O2S. The van der Waals surface area contributed by atoms with Gasteiger partial charge in [-0.05, 0) is 0 Å². The molecule has 0 amide bonds. The molecule has 1 aliphatic rings. The van der Waals surface area contributed by atoms with Crippen LogP contribution in [0.3, 0.4) is 0 Å². The molecule has 0 aromatic rings. The van der Waals surface area contributed by atoms with E-state index in [0.717, 1.165) is 12.3 Å². The first-order chi connectivity index (χ1) is 2.50. The Labute approximate surface area is 34.2 Å². The van der Waals surface area contributed by atoms with Crippen LogP contribution in [-0.2, 0) is 8.37 Å². The van der Waals surface area contributed by atoms with E-state index in [9.17, 15) is 0 Å². The van der Waals surface area contributed by atoms with Crippen LogP contribution >= 0.6 is 12.3 Å². The Bertz CT molecular complexity index is 45.6. The van der Waals surface area contributed by atoms with Gasteiger partial charge in [0.25, 0.3) is 12.3 Å². The maximum atomic E-state index is 4.46. The van der Waals surface area contributed by atoms with E-state index < -0.39 is 0 Å². The molecule has 0 saturated heterocycles. The number of hydrogen-bond donors (Lipinski definition) is 0. The fourth-order valence-electron chi connectivity index (χ4n) is 0.113. The maximum absolute atomic E-state index is 4.46. The van der Waals surface area contributed by atoms with Crippen molar-refractivity contribution in [2.24, 2.45) is 0 Å². The molecule has 28 valence electrons. The van der Waals surface area contributed by atoms with Gasteiger partial charge in [-0.15, -0.1) is 0 Å². The first-order valence-electron chi connectivity index (χ1n) is 1.14. The zero-order chi connectivity index (χ0) is 3.54. The molecule has 1 heterocycles. The Morgan fingerprint density at radius 1 is 1.20 bits per heavy atom. The highest BCUT2D eigenvalue weighted by Crippen LogP contribution is 2.11. The van der Waals surface area contributed by atoms with Crippen molar-refractivity contribution in [3.63, 3.8) is 0 Å². The van der Waals surface area contributed by atoms with E-state index >= 15 is 0 Å². The Hall–Kier alpha value is -0.310. The van der Waals surface area contributed by atoms with Crippen molar-refractivity contribution in [3.8, 4) is 0 Å². The lowest BCUT2D eigenvalue weighted by Crippen LogP contribution is -1.45. The van der Waals surface area contributed by atoms with Crippen molar-refractivity contribution >= 4 is 12.3 Å². The van der Waals surface area contributed by atoms with E-state index in [0.29, 0.717) is 0 Å². The van der Waals surface area contributed by atoms with Crippen LogP contribution in [-0.4, -0.2) is 0 Å². The molecule has 0 atom stereocenters. The average molecular weight is 90.1 g/mol. The van der Waals surface area contributed by atoms with Crippen LogP contribution in [0.25, 0.3) is 0 Å².